The van der Waals surface area contributed by atoms with Crippen LogP contribution in [0, 0.1) is 0 Å². The van der Waals surface area contributed by atoms with Crippen LogP contribution in [0.4, 0.5) is 0 Å². The number of halogens is 2. The molecule has 0 amide bonds. The van der Waals surface area contributed by atoms with E-state index in [1.165, 1.54) is 0 Å². The van der Waals surface area contributed by atoms with Gasteiger partial charge >= 0.3 is 5.97 Å². The van der Waals surface area contributed by atoms with Crippen LogP contribution < -0.4 is 0 Å². The Morgan fingerprint density at radius 1 is 1.33 bits per heavy atom. The predicted molar refractivity (Wildman–Crippen MR) is 94.1 cm³/mol. The third-order valence-corrected chi connectivity index (χ3v) is 4.71. The minimum absolute atomic E-state index is 0.144. The van der Waals surface area contributed by atoms with E-state index in [4.69, 9.17) is 21.1 Å². The molecule has 2 atom stereocenters. The van der Waals surface area contributed by atoms with Crippen LogP contribution in [0.15, 0.2) is 46.9 Å². The van der Waals surface area contributed by atoms with Crippen LogP contribution in [0.3, 0.4) is 0 Å². The van der Waals surface area contributed by atoms with E-state index in [1.807, 2.05) is 12.1 Å². The van der Waals surface area contributed by atoms with E-state index in [-0.39, 0.29) is 18.7 Å². The van der Waals surface area contributed by atoms with Crippen molar-refractivity contribution >= 4 is 33.5 Å². The van der Waals surface area contributed by atoms with Crippen LogP contribution in [0.5, 0.6) is 0 Å². The topological polar surface area (TPSA) is 55.8 Å². The molecule has 1 aliphatic heterocycles. The highest BCUT2D eigenvalue weighted by Gasteiger charge is 2.23. The van der Waals surface area contributed by atoms with E-state index in [1.54, 1.807) is 30.3 Å². The number of rotatable bonds is 4. The Labute approximate surface area is 153 Å². The molecule has 4 nitrogen and oxygen atoms in total. The zero-order chi connectivity index (χ0) is 17.1. The Hall–Kier alpha value is -1.40. The van der Waals surface area contributed by atoms with Gasteiger partial charge in [0.05, 0.1) is 12.2 Å². The van der Waals surface area contributed by atoms with Gasteiger partial charge in [-0.1, -0.05) is 45.7 Å². The van der Waals surface area contributed by atoms with Crippen molar-refractivity contribution < 1.29 is 19.4 Å². The van der Waals surface area contributed by atoms with Crippen molar-refractivity contribution in [3.63, 3.8) is 0 Å². The summed E-state index contributed by atoms with van der Waals surface area (Å²) in [4.78, 5) is 12.1. The van der Waals surface area contributed by atoms with Gasteiger partial charge in [-0.2, -0.15) is 0 Å². The number of esters is 1. The number of hydrogen-bond acceptors (Lipinski definition) is 4. The van der Waals surface area contributed by atoms with Crippen molar-refractivity contribution in [1.82, 2.24) is 0 Å². The van der Waals surface area contributed by atoms with E-state index >= 15 is 0 Å². The maximum Gasteiger partial charge on any atom is 0.338 e. The summed E-state index contributed by atoms with van der Waals surface area (Å²) in [7, 11) is 0. The van der Waals surface area contributed by atoms with E-state index in [9.17, 15) is 9.90 Å². The molecule has 0 bridgehead atoms. The maximum absolute atomic E-state index is 12.1. The Morgan fingerprint density at radius 3 is 2.79 bits per heavy atom. The Bertz CT molecular complexity index is 730. The first-order chi connectivity index (χ1) is 11.5. The van der Waals surface area contributed by atoms with E-state index in [0.29, 0.717) is 17.7 Å². The smallest absolute Gasteiger partial charge is 0.338 e. The minimum Gasteiger partial charge on any atom is -0.459 e. The molecule has 0 radical (unpaired) electrons. The molecule has 1 N–H and O–H groups in total. The second-order valence-corrected chi connectivity index (χ2v) is 6.84. The van der Waals surface area contributed by atoms with Crippen molar-refractivity contribution in [2.45, 2.75) is 18.1 Å². The number of alkyl halides is 1. The Balaban J connectivity index is 1.69. The summed E-state index contributed by atoms with van der Waals surface area (Å²) < 4.78 is 12.0. The quantitative estimate of drug-likeness (QED) is 0.606. The van der Waals surface area contributed by atoms with Crippen LogP contribution in [0.2, 0.25) is 0 Å². The average molecular weight is 412 g/mol. The predicted octanol–water partition coefficient (Wildman–Crippen LogP) is 4.15. The van der Waals surface area contributed by atoms with Gasteiger partial charge in [0.2, 0.25) is 0 Å². The van der Waals surface area contributed by atoms with Gasteiger partial charge in [-0.15, -0.1) is 0 Å². The molecule has 1 heterocycles. The highest BCUT2D eigenvalue weighted by Crippen LogP contribution is 2.30. The maximum atomic E-state index is 12.1. The van der Waals surface area contributed by atoms with Crippen LogP contribution in [-0.4, -0.2) is 24.3 Å². The van der Waals surface area contributed by atoms with Crippen molar-refractivity contribution in [2.24, 2.45) is 0 Å². The summed E-state index contributed by atoms with van der Waals surface area (Å²) in [5.41, 5.74) is 2.15. The Morgan fingerprint density at radius 2 is 2.08 bits per heavy atom. The summed E-state index contributed by atoms with van der Waals surface area (Å²) in [5, 5.41) is 9.47. The zero-order valence-corrected chi connectivity index (χ0v) is 15.1. The molecular weight excluding hydrogens is 396 g/mol. The molecule has 0 fully saturated rings. The van der Waals surface area contributed by atoms with E-state index in [0.717, 1.165) is 22.0 Å². The molecule has 6 heteroatoms. The molecule has 126 valence electrons. The third-order valence-electron chi connectivity index (χ3n) is 3.93. The molecule has 0 aliphatic carbocycles. The lowest BCUT2D eigenvalue weighted by Gasteiger charge is -2.26. The first-order valence-corrected chi connectivity index (χ1v) is 8.76. The van der Waals surface area contributed by atoms with Crippen LogP contribution in [0.25, 0.3) is 0 Å². The number of carbonyl (C=O) groups is 1. The van der Waals surface area contributed by atoms with Gasteiger partial charge in [-0.25, -0.2) is 4.79 Å². The van der Waals surface area contributed by atoms with Gasteiger partial charge in [-0.05, 0) is 47.4 Å². The molecule has 2 aromatic rings. The number of ether oxygens (including phenoxy) is 2. The molecule has 0 unspecified atom stereocenters. The fourth-order valence-corrected chi connectivity index (χ4v) is 3.06. The van der Waals surface area contributed by atoms with Gasteiger partial charge in [0, 0.05) is 4.47 Å². The van der Waals surface area contributed by atoms with Gasteiger partial charge in [0.15, 0.2) is 5.56 Å². The molecule has 24 heavy (non-hydrogen) atoms. The van der Waals surface area contributed by atoms with Gasteiger partial charge in [0.25, 0.3) is 0 Å². The van der Waals surface area contributed by atoms with E-state index in [2.05, 4.69) is 15.9 Å². The molecule has 0 saturated carbocycles. The molecule has 3 rings (SSSR count). The normalized spacial score (nSPS) is 17.9. The molecule has 0 aromatic heterocycles. The monoisotopic (exact) mass is 410 g/mol. The largest absolute Gasteiger partial charge is 0.459 e. The first kappa shape index (κ1) is 17.4. The average Bonchev–Trinajstić information content (AvgIpc) is 2.59. The van der Waals surface area contributed by atoms with Crippen molar-refractivity contribution in [3.05, 3.63) is 69.2 Å². The van der Waals surface area contributed by atoms with Gasteiger partial charge in [0.1, 0.15) is 12.7 Å². The first-order valence-electron chi connectivity index (χ1n) is 7.54. The van der Waals surface area contributed by atoms with Gasteiger partial charge < -0.3 is 14.6 Å². The number of hydrogen-bond donors (Lipinski definition) is 1. The summed E-state index contributed by atoms with van der Waals surface area (Å²) in [6, 6.07) is 12.5. The second kappa shape index (κ2) is 7.66. The fourth-order valence-electron chi connectivity index (χ4n) is 2.66. The number of fused-ring (bicyclic) bond motifs is 1. The second-order valence-electron chi connectivity index (χ2n) is 5.51. The van der Waals surface area contributed by atoms with Crippen LogP contribution in [-0.2, 0) is 15.9 Å². The third kappa shape index (κ3) is 3.98. The standard InChI is InChI=1S/C18H16BrClO4/c19-14-4-1-11(2-5-14)18(22)24-10-16-15-6-3-13(17(20)21)9-12(15)7-8-23-16/h1-6,9,16-17,21H,7-8,10H2/t16-,17+/m0/s1. The van der Waals surface area contributed by atoms with Crippen molar-refractivity contribution in [3.8, 4) is 0 Å². The Kier molecular flexibility index (Phi) is 5.56. The van der Waals surface area contributed by atoms with Crippen molar-refractivity contribution in [2.75, 3.05) is 13.2 Å². The van der Waals surface area contributed by atoms with Gasteiger partial charge in [-0.3, -0.25) is 0 Å². The number of aliphatic hydroxyl groups is 1. The fraction of sp³-hybridized carbons (Fsp3) is 0.278. The highest BCUT2D eigenvalue weighted by molar-refractivity contribution is 9.10. The molecule has 0 spiro atoms. The van der Waals surface area contributed by atoms with Crippen molar-refractivity contribution in [1.29, 1.82) is 0 Å². The number of aliphatic hydroxyl groups excluding tert-OH is 1. The highest BCUT2D eigenvalue weighted by atomic mass is 79.9. The molecular formula is C18H16BrClO4. The summed E-state index contributed by atoms with van der Waals surface area (Å²) in [5.74, 6) is -0.383. The lowest BCUT2D eigenvalue weighted by atomic mass is 9.96. The molecule has 2 aromatic carbocycles. The lowest BCUT2D eigenvalue weighted by molar-refractivity contribution is -0.0154. The summed E-state index contributed by atoms with van der Waals surface area (Å²) in [6.45, 7) is 0.681. The summed E-state index contributed by atoms with van der Waals surface area (Å²) in [6.07, 6.45) is 0.430. The SMILES string of the molecule is O=C(OC[C@@H]1OCCc2cc([C@@H](O)Cl)ccc21)c1ccc(Br)cc1. The zero-order valence-electron chi connectivity index (χ0n) is 12.7. The molecule has 1 aliphatic rings. The summed E-state index contributed by atoms with van der Waals surface area (Å²) >= 11 is 9.05. The molecule has 0 saturated heterocycles. The van der Waals surface area contributed by atoms with E-state index < -0.39 is 5.56 Å². The minimum atomic E-state index is -1.02. The van der Waals surface area contributed by atoms with Crippen LogP contribution in [0.1, 0.15) is 38.7 Å². The number of benzene rings is 2. The van der Waals surface area contributed by atoms with Crippen LogP contribution >= 0.6 is 27.5 Å². The lowest BCUT2D eigenvalue weighted by Crippen LogP contribution is -2.22. The number of carbonyl (C=O) groups excluding carboxylic acids is 1.